The molecule has 70 heavy (non-hydrogen) atoms. The molecule has 0 aliphatic carbocycles. The highest BCUT2D eigenvalue weighted by Crippen LogP contribution is 2.26. The Bertz CT molecular complexity index is 2490. The number of carbonyl (C=O) groups excluding carboxylic acids is 2. The van der Waals surface area contributed by atoms with Crippen molar-refractivity contribution in [3.8, 4) is 23.7 Å². The van der Waals surface area contributed by atoms with Crippen molar-refractivity contribution in [1.29, 1.82) is 0 Å². The van der Waals surface area contributed by atoms with Gasteiger partial charge < -0.3 is 31.6 Å². The second-order valence-corrected chi connectivity index (χ2v) is 22.1. The molecule has 0 radical (unpaired) electrons. The van der Waals surface area contributed by atoms with Crippen LogP contribution in [-0.4, -0.2) is 90.6 Å². The number of rotatable bonds is 24. The topological polar surface area (TPSA) is 203 Å². The fourth-order valence-corrected chi connectivity index (χ4v) is 9.54. The number of carbonyl (C=O) groups is 2. The van der Waals surface area contributed by atoms with E-state index in [9.17, 15) is 26.4 Å². The fourth-order valence-electron chi connectivity index (χ4n) is 7.54. The zero-order valence-corrected chi connectivity index (χ0v) is 44.2. The number of benzene rings is 4. The summed E-state index contributed by atoms with van der Waals surface area (Å²) in [5.74, 6) is 10.7. The van der Waals surface area contributed by atoms with Crippen molar-refractivity contribution in [3.63, 3.8) is 0 Å². The molecule has 0 aliphatic heterocycles. The molecule has 0 spiro atoms. The minimum Gasteiger partial charge on any atom is -0.375 e. The third-order valence-electron chi connectivity index (χ3n) is 10.4. The van der Waals surface area contributed by atoms with Crippen molar-refractivity contribution in [2.75, 3.05) is 47.4 Å². The maximum absolute atomic E-state index is 12.9. The van der Waals surface area contributed by atoms with E-state index in [0.29, 0.717) is 85.6 Å². The van der Waals surface area contributed by atoms with E-state index in [0.717, 1.165) is 23.6 Å². The molecular formula is C54H74N6O8S2. The van der Waals surface area contributed by atoms with Crippen LogP contribution in [0.2, 0.25) is 0 Å². The Kier molecular flexibility index (Phi) is 23.1. The first-order chi connectivity index (χ1) is 32.9. The minimum atomic E-state index is -3.53. The monoisotopic (exact) mass is 999 g/mol. The van der Waals surface area contributed by atoms with Gasteiger partial charge in [-0.05, 0) is 126 Å². The van der Waals surface area contributed by atoms with Gasteiger partial charge in [0.15, 0.2) is 0 Å². The summed E-state index contributed by atoms with van der Waals surface area (Å²) in [5, 5.41) is 5.66. The van der Waals surface area contributed by atoms with Crippen molar-refractivity contribution < 1.29 is 35.9 Å². The lowest BCUT2D eigenvalue weighted by molar-refractivity contribution is 0.0790. The van der Waals surface area contributed by atoms with Gasteiger partial charge in [0, 0.05) is 35.3 Å². The average molecular weight is 999 g/mol. The zero-order chi connectivity index (χ0) is 52.1. The van der Waals surface area contributed by atoms with Crippen molar-refractivity contribution >= 4 is 43.2 Å². The third kappa shape index (κ3) is 20.7. The first-order valence-electron chi connectivity index (χ1n) is 23.4. The van der Waals surface area contributed by atoms with Gasteiger partial charge in [-0.25, -0.2) is 16.8 Å². The summed E-state index contributed by atoms with van der Waals surface area (Å²) >= 11 is 0. The molecule has 0 aliphatic rings. The molecule has 4 unspecified atom stereocenters. The van der Waals surface area contributed by atoms with Gasteiger partial charge in [-0.3, -0.25) is 18.2 Å². The molecule has 4 rings (SSSR count). The SMILES string of the molecule is CC#CC(C)NC(=O)c1cc(COCC(C)(N)Cc2ccccc2)cc(N(CCC)S(C)(=O)=O)c1.CC#CC(C)NC(=O)c1cc(COCC(C)(N)Cc2ccccc2)cc(N(CCC)S(C)(=O)=O)c1. The Labute approximate surface area is 418 Å². The van der Waals surface area contributed by atoms with Crippen LogP contribution in [0.3, 0.4) is 0 Å². The maximum Gasteiger partial charge on any atom is 0.252 e. The first kappa shape index (κ1) is 58.6. The van der Waals surface area contributed by atoms with E-state index < -0.39 is 31.1 Å². The molecule has 0 saturated heterocycles. The highest BCUT2D eigenvalue weighted by atomic mass is 32.2. The molecule has 4 atom stereocenters. The Morgan fingerprint density at radius 1 is 0.600 bits per heavy atom. The van der Waals surface area contributed by atoms with Crippen molar-refractivity contribution in [3.05, 3.63) is 130 Å². The lowest BCUT2D eigenvalue weighted by Gasteiger charge is -2.25. The van der Waals surface area contributed by atoms with Gasteiger partial charge in [-0.2, -0.15) is 0 Å². The second kappa shape index (κ2) is 27.6. The molecule has 0 bridgehead atoms. The van der Waals surface area contributed by atoms with Crippen LogP contribution < -0.4 is 30.7 Å². The molecule has 2 amide bonds. The van der Waals surface area contributed by atoms with Gasteiger partial charge in [-0.1, -0.05) is 86.4 Å². The molecule has 0 heterocycles. The van der Waals surface area contributed by atoms with E-state index >= 15 is 0 Å². The number of nitrogens with two attached hydrogens (primary N) is 2. The van der Waals surface area contributed by atoms with Crippen LogP contribution >= 0.6 is 0 Å². The van der Waals surface area contributed by atoms with Crippen LogP contribution in [0, 0.1) is 23.7 Å². The number of nitrogens with zero attached hydrogens (tertiary/aromatic N) is 2. The summed E-state index contributed by atoms with van der Waals surface area (Å²) in [5.41, 5.74) is 16.9. The van der Waals surface area contributed by atoms with Crippen molar-refractivity contribution in [2.24, 2.45) is 11.5 Å². The summed E-state index contributed by atoms with van der Waals surface area (Å²) in [7, 11) is -7.06. The van der Waals surface area contributed by atoms with E-state index in [1.54, 1.807) is 64.1 Å². The van der Waals surface area contributed by atoms with Crippen LogP contribution in [0.4, 0.5) is 11.4 Å². The third-order valence-corrected chi connectivity index (χ3v) is 12.8. The lowest BCUT2D eigenvalue weighted by atomic mass is 9.95. The van der Waals surface area contributed by atoms with Crippen LogP contribution in [0.5, 0.6) is 0 Å². The predicted molar refractivity (Wildman–Crippen MR) is 283 cm³/mol. The predicted octanol–water partition coefficient (Wildman–Crippen LogP) is 6.96. The van der Waals surface area contributed by atoms with Crippen molar-refractivity contribution in [2.45, 2.75) is 117 Å². The van der Waals surface area contributed by atoms with Gasteiger partial charge in [0.25, 0.3) is 11.8 Å². The van der Waals surface area contributed by atoms with E-state index in [1.165, 1.54) is 8.61 Å². The molecule has 0 saturated carbocycles. The molecule has 380 valence electrons. The van der Waals surface area contributed by atoms with Crippen LogP contribution in [0.25, 0.3) is 0 Å². The van der Waals surface area contributed by atoms with Crippen LogP contribution in [0.1, 0.15) is 111 Å². The highest BCUT2D eigenvalue weighted by Gasteiger charge is 2.24. The molecule has 16 heteroatoms. The summed E-state index contributed by atoms with van der Waals surface area (Å²) in [6, 6.07) is 29.3. The van der Waals surface area contributed by atoms with Crippen LogP contribution in [0.15, 0.2) is 97.1 Å². The molecule has 4 aromatic rings. The van der Waals surface area contributed by atoms with E-state index in [1.807, 2.05) is 88.4 Å². The molecule has 6 N–H and O–H groups in total. The summed E-state index contributed by atoms with van der Waals surface area (Å²) in [6.07, 6.45) is 4.88. The number of hydrogen-bond donors (Lipinski definition) is 4. The van der Waals surface area contributed by atoms with E-state index in [4.69, 9.17) is 20.9 Å². The van der Waals surface area contributed by atoms with Gasteiger partial charge in [-0.15, -0.1) is 11.8 Å². The Morgan fingerprint density at radius 2 is 0.943 bits per heavy atom. The fraction of sp³-hybridized carbons (Fsp3) is 0.444. The zero-order valence-electron chi connectivity index (χ0n) is 42.6. The number of nitrogens with one attached hydrogen (secondary N) is 2. The molecule has 4 aromatic carbocycles. The van der Waals surface area contributed by atoms with Gasteiger partial charge in [0.05, 0.1) is 62.4 Å². The smallest absolute Gasteiger partial charge is 0.252 e. The summed E-state index contributed by atoms with van der Waals surface area (Å²) in [6.45, 7) is 16.2. The van der Waals surface area contributed by atoms with Gasteiger partial charge in [0.1, 0.15) is 0 Å². The maximum atomic E-state index is 12.9. The second-order valence-electron chi connectivity index (χ2n) is 18.2. The quantitative estimate of drug-likeness (QED) is 0.0532. The minimum absolute atomic E-state index is 0.184. The summed E-state index contributed by atoms with van der Waals surface area (Å²) in [4.78, 5) is 25.8. The number of amides is 2. The number of ether oxygens (including phenoxy) is 2. The normalized spacial score (nSPS) is 13.8. The number of hydrogen-bond acceptors (Lipinski definition) is 10. The number of anilines is 2. The van der Waals surface area contributed by atoms with Crippen molar-refractivity contribution in [1.82, 2.24) is 10.6 Å². The lowest BCUT2D eigenvalue weighted by Crippen LogP contribution is -2.43. The number of sulfonamides is 2. The Balaban J connectivity index is 0.000000370. The van der Waals surface area contributed by atoms with E-state index in [-0.39, 0.29) is 37.1 Å². The van der Waals surface area contributed by atoms with Gasteiger partial charge >= 0.3 is 0 Å². The standard InChI is InChI=1S/2C27H37N3O4S/c2*1-6-11-21(3)29-26(31)24-15-23(16-25(17-24)30(14-7-2)35(5,32)33)19-34-20-27(4,28)18-22-12-9-8-10-13-22/h2*8-10,12-13,15-17,21H,7,14,18-20,28H2,1-5H3,(H,29,31). The Morgan fingerprint density at radius 3 is 1.24 bits per heavy atom. The molecule has 0 fully saturated rings. The van der Waals surface area contributed by atoms with E-state index in [2.05, 4.69) is 34.3 Å². The Hall–Kier alpha value is -5.72. The highest BCUT2D eigenvalue weighted by molar-refractivity contribution is 7.92. The van der Waals surface area contributed by atoms with Gasteiger partial charge in [0.2, 0.25) is 20.0 Å². The largest absolute Gasteiger partial charge is 0.375 e. The molecule has 0 aromatic heterocycles. The molecular weight excluding hydrogens is 925 g/mol. The average Bonchev–Trinajstić information content (AvgIpc) is 3.27. The molecule has 14 nitrogen and oxygen atoms in total. The first-order valence-corrected chi connectivity index (χ1v) is 27.1. The van der Waals surface area contributed by atoms with Crippen LogP contribution in [-0.2, 0) is 55.6 Å². The summed E-state index contributed by atoms with van der Waals surface area (Å²) < 4.78 is 64.3.